The molecule has 1 aromatic carbocycles. The molecular weight excluding hydrogens is 208 g/mol. The molecule has 3 nitrogen and oxygen atoms in total. The lowest BCUT2D eigenvalue weighted by atomic mass is 10.4. The van der Waals surface area contributed by atoms with Crippen molar-refractivity contribution in [3.63, 3.8) is 0 Å². The van der Waals surface area contributed by atoms with Gasteiger partial charge in [0.05, 0.1) is 0 Å². The molecule has 0 atom stereocenters. The Hall–Kier alpha value is -0.683. The Labute approximate surface area is 92.3 Å². The van der Waals surface area contributed by atoms with Crippen molar-refractivity contribution in [1.82, 2.24) is 0 Å². The second kappa shape index (κ2) is 6.02. The average Bonchev–Trinajstić information content (AvgIpc) is 2.30. The fourth-order valence-corrected chi connectivity index (χ4v) is 3.72. The van der Waals surface area contributed by atoms with Crippen molar-refractivity contribution in [1.29, 1.82) is 0 Å². The summed E-state index contributed by atoms with van der Waals surface area (Å²) in [5.41, 5.74) is 0. The van der Waals surface area contributed by atoms with Crippen LogP contribution < -0.4 is 5.19 Å². The smallest absolute Gasteiger partial charge is 0.373 e. The first kappa shape index (κ1) is 12.4. The monoisotopic (exact) mass is 226 g/mol. The van der Waals surface area contributed by atoms with E-state index in [1.54, 1.807) is 7.11 Å². The van der Waals surface area contributed by atoms with E-state index in [9.17, 15) is 0 Å². The van der Waals surface area contributed by atoms with Gasteiger partial charge in [-0.05, 0) is 13.8 Å². The zero-order chi connectivity index (χ0) is 11.1. The summed E-state index contributed by atoms with van der Waals surface area (Å²) in [5, 5.41) is 1.01. The van der Waals surface area contributed by atoms with Gasteiger partial charge < -0.3 is 13.3 Å². The third kappa shape index (κ3) is 2.88. The Balaban J connectivity index is 2.97. The van der Waals surface area contributed by atoms with Crippen molar-refractivity contribution in [2.24, 2.45) is 0 Å². The number of rotatable bonds is 6. The zero-order valence-corrected chi connectivity index (χ0v) is 10.5. The highest BCUT2D eigenvalue weighted by molar-refractivity contribution is 6.75. The van der Waals surface area contributed by atoms with Gasteiger partial charge in [0.25, 0.3) is 0 Å². The molecule has 0 radical (unpaired) electrons. The predicted octanol–water partition coefficient (Wildman–Crippen LogP) is 1.55. The van der Waals surface area contributed by atoms with E-state index in [0.717, 1.165) is 5.19 Å². The SMILES string of the molecule is CCO[Si](OC)(OCC)c1ccccc1. The van der Waals surface area contributed by atoms with Crippen LogP contribution in [0, 0.1) is 0 Å². The Morgan fingerprint density at radius 2 is 1.53 bits per heavy atom. The summed E-state index contributed by atoms with van der Waals surface area (Å²) >= 11 is 0. The van der Waals surface area contributed by atoms with E-state index in [0.29, 0.717) is 13.2 Å². The second-order valence-corrected chi connectivity index (χ2v) is 5.67. The van der Waals surface area contributed by atoms with Gasteiger partial charge >= 0.3 is 8.80 Å². The molecule has 0 spiro atoms. The van der Waals surface area contributed by atoms with Crippen molar-refractivity contribution in [3.8, 4) is 0 Å². The molecule has 0 aliphatic heterocycles. The molecule has 1 aromatic rings. The van der Waals surface area contributed by atoms with E-state index < -0.39 is 8.80 Å². The van der Waals surface area contributed by atoms with Gasteiger partial charge in [0, 0.05) is 25.5 Å². The standard InChI is InChI=1S/C11H18O3Si/c1-4-13-15(12-3,14-5-2)11-9-7-6-8-10-11/h6-10H,4-5H2,1-3H3. The fourth-order valence-electron chi connectivity index (χ4n) is 1.47. The molecule has 0 aromatic heterocycles. The number of hydrogen-bond acceptors (Lipinski definition) is 3. The molecule has 0 saturated carbocycles. The predicted molar refractivity (Wildman–Crippen MR) is 62.1 cm³/mol. The molecule has 0 bridgehead atoms. The Bertz CT molecular complexity index is 270. The normalized spacial score (nSPS) is 11.7. The molecule has 4 heteroatoms. The molecule has 0 amide bonds. The number of hydrogen-bond donors (Lipinski definition) is 0. The van der Waals surface area contributed by atoms with Gasteiger partial charge in [-0.2, -0.15) is 0 Å². The van der Waals surface area contributed by atoms with E-state index in [4.69, 9.17) is 13.3 Å². The van der Waals surface area contributed by atoms with Crippen LogP contribution in [0.4, 0.5) is 0 Å². The first-order valence-electron chi connectivity index (χ1n) is 5.17. The second-order valence-electron chi connectivity index (χ2n) is 2.99. The van der Waals surface area contributed by atoms with Crippen LogP contribution in [-0.2, 0) is 13.3 Å². The van der Waals surface area contributed by atoms with Gasteiger partial charge in [0.1, 0.15) is 0 Å². The average molecular weight is 226 g/mol. The van der Waals surface area contributed by atoms with Gasteiger partial charge in [0.2, 0.25) is 0 Å². The maximum Gasteiger partial charge on any atom is 0.536 e. The van der Waals surface area contributed by atoms with E-state index in [1.807, 2.05) is 44.2 Å². The van der Waals surface area contributed by atoms with Crippen molar-refractivity contribution < 1.29 is 13.3 Å². The molecule has 1 rings (SSSR count). The van der Waals surface area contributed by atoms with E-state index >= 15 is 0 Å². The minimum atomic E-state index is -2.65. The van der Waals surface area contributed by atoms with Crippen LogP contribution in [0.25, 0.3) is 0 Å². The van der Waals surface area contributed by atoms with Gasteiger partial charge in [-0.1, -0.05) is 30.3 Å². The minimum Gasteiger partial charge on any atom is -0.373 e. The van der Waals surface area contributed by atoms with Crippen molar-refractivity contribution in [2.45, 2.75) is 13.8 Å². The van der Waals surface area contributed by atoms with Gasteiger partial charge in [-0.15, -0.1) is 0 Å². The summed E-state index contributed by atoms with van der Waals surface area (Å²) in [6, 6.07) is 9.88. The Kier molecular flexibility index (Phi) is 4.97. The first-order valence-corrected chi connectivity index (χ1v) is 6.90. The largest absolute Gasteiger partial charge is 0.536 e. The summed E-state index contributed by atoms with van der Waals surface area (Å²) < 4.78 is 16.9. The van der Waals surface area contributed by atoms with Crippen LogP contribution >= 0.6 is 0 Å². The maximum atomic E-state index is 5.70. The highest BCUT2D eigenvalue weighted by atomic mass is 28.4. The lowest BCUT2D eigenvalue weighted by molar-refractivity contribution is 0.102. The lowest BCUT2D eigenvalue weighted by Gasteiger charge is -2.27. The summed E-state index contributed by atoms with van der Waals surface area (Å²) in [4.78, 5) is 0. The first-order chi connectivity index (χ1) is 7.29. The molecule has 0 aliphatic carbocycles. The highest BCUT2D eigenvalue weighted by Crippen LogP contribution is 2.09. The summed E-state index contributed by atoms with van der Waals surface area (Å²) in [7, 11) is -1.00. The molecule has 0 saturated heterocycles. The number of benzene rings is 1. The van der Waals surface area contributed by atoms with Crippen LogP contribution in [0.5, 0.6) is 0 Å². The third-order valence-corrected chi connectivity index (χ3v) is 4.98. The van der Waals surface area contributed by atoms with Gasteiger partial charge in [-0.3, -0.25) is 0 Å². The Morgan fingerprint density at radius 3 is 1.93 bits per heavy atom. The zero-order valence-electron chi connectivity index (χ0n) is 9.53. The molecule has 0 unspecified atom stereocenters. The summed E-state index contributed by atoms with van der Waals surface area (Å²) in [6.45, 7) is 5.08. The van der Waals surface area contributed by atoms with Crippen molar-refractivity contribution in [3.05, 3.63) is 30.3 Å². The van der Waals surface area contributed by atoms with Crippen molar-refractivity contribution in [2.75, 3.05) is 20.3 Å². The van der Waals surface area contributed by atoms with Gasteiger partial charge in [0.15, 0.2) is 0 Å². The van der Waals surface area contributed by atoms with E-state index in [2.05, 4.69) is 0 Å². The molecule has 0 N–H and O–H groups in total. The van der Waals surface area contributed by atoms with E-state index in [-0.39, 0.29) is 0 Å². The third-order valence-electron chi connectivity index (χ3n) is 2.06. The quantitative estimate of drug-likeness (QED) is 0.689. The molecule has 0 fully saturated rings. The molecule has 84 valence electrons. The topological polar surface area (TPSA) is 27.7 Å². The van der Waals surface area contributed by atoms with E-state index in [1.165, 1.54) is 0 Å². The van der Waals surface area contributed by atoms with Crippen LogP contribution in [0.15, 0.2) is 30.3 Å². The lowest BCUT2D eigenvalue weighted by Crippen LogP contribution is -2.56. The Morgan fingerprint density at radius 1 is 1.00 bits per heavy atom. The van der Waals surface area contributed by atoms with Crippen LogP contribution in [0.3, 0.4) is 0 Å². The molecule has 0 aliphatic rings. The van der Waals surface area contributed by atoms with Crippen LogP contribution in [0.1, 0.15) is 13.8 Å². The summed E-state index contributed by atoms with van der Waals surface area (Å²) in [5.74, 6) is 0. The van der Waals surface area contributed by atoms with Crippen LogP contribution in [0.2, 0.25) is 0 Å². The molecular formula is C11H18O3Si. The summed E-state index contributed by atoms with van der Waals surface area (Å²) in [6.07, 6.45) is 0. The molecule has 15 heavy (non-hydrogen) atoms. The fraction of sp³-hybridized carbons (Fsp3) is 0.455. The van der Waals surface area contributed by atoms with Crippen molar-refractivity contribution >= 4 is 14.0 Å². The minimum absolute atomic E-state index is 0.592. The molecule has 0 heterocycles. The van der Waals surface area contributed by atoms with Gasteiger partial charge in [-0.25, -0.2) is 0 Å². The maximum absolute atomic E-state index is 5.70. The highest BCUT2D eigenvalue weighted by Gasteiger charge is 2.41. The van der Waals surface area contributed by atoms with Crippen LogP contribution in [-0.4, -0.2) is 29.1 Å².